The van der Waals surface area contributed by atoms with Crippen LogP contribution in [-0.2, 0) is 4.79 Å². The predicted molar refractivity (Wildman–Crippen MR) is 84.7 cm³/mol. The van der Waals surface area contributed by atoms with E-state index in [9.17, 15) is 9.59 Å². The van der Waals surface area contributed by atoms with Crippen LogP contribution in [0.5, 0.6) is 11.5 Å². The molecule has 7 nitrogen and oxygen atoms in total. The van der Waals surface area contributed by atoms with Gasteiger partial charge >= 0.3 is 0 Å². The summed E-state index contributed by atoms with van der Waals surface area (Å²) >= 11 is 1.23. The normalized spacial score (nSPS) is 9.74. The second-order valence-electron chi connectivity index (χ2n) is 4.34. The SMILES string of the molecule is COc1ccc(C(N)=O)c(OCC(=O)Nc2sccc2C#N)c1. The van der Waals surface area contributed by atoms with E-state index in [1.165, 1.54) is 30.6 Å². The van der Waals surface area contributed by atoms with Crippen LogP contribution in [-0.4, -0.2) is 25.5 Å². The highest BCUT2D eigenvalue weighted by Gasteiger charge is 2.14. The van der Waals surface area contributed by atoms with Crippen LogP contribution >= 0.6 is 11.3 Å². The molecule has 2 rings (SSSR count). The molecule has 0 aliphatic heterocycles. The molecule has 0 saturated heterocycles. The number of benzene rings is 1. The summed E-state index contributed by atoms with van der Waals surface area (Å²) in [5.41, 5.74) is 5.79. The Hall–Kier alpha value is -3.05. The average molecular weight is 331 g/mol. The lowest BCUT2D eigenvalue weighted by Crippen LogP contribution is -2.21. The van der Waals surface area contributed by atoms with E-state index in [0.29, 0.717) is 16.3 Å². The first-order chi connectivity index (χ1) is 11.0. The Kier molecular flexibility index (Phi) is 5.17. The molecule has 0 saturated carbocycles. The van der Waals surface area contributed by atoms with E-state index >= 15 is 0 Å². The van der Waals surface area contributed by atoms with Crippen LogP contribution in [0.15, 0.2) is 29.6 Å². The molecule has 1 heterocycles. The first-order valence-corrected chi connectivity index (χ1v) is 7.31. The van der Waals surface area contributed by atoms with E-state index in [4.69, 9.17) is 20.5 Å². The van der Waals surface area contributed by atoms with Gasteiger partial charge in [-0.05, 0) is 23.6 Å². The molecule has 1 aromatic heterocycles. The van der Waals surface area contributed by atoms with Crippen molar-refractivity contribution in [3.05, 3.63) is 40.8 Å². The van der Waals surface area contributed by atoms with Crippen molar-refractivity contribution in [1.82, 2.24) is 0 Å². The number of methoxy groups -OCH3 is 1. The summed E-state index contributed by atoms with van der Waals surface area (Å²) in [6.45, 7) is -0.337. The van der Waals surface area contributed by atoms with Crippen molar-refractivity contribution in [3.8, 4) is 17.6 Å². The second kappa shape index (κ2) is 7.29. The van der Waals surface area contributed by atoms with Gasteiger partial charge in [-0.3, -0.25) is 9.59 Å². The number of nitrogens with zero attached hydrogens (tertiary/aromatic N) is 1. The van der Waals surface area contributed by atoms with E-state index in [-0.39, 0.29) is 17.9 Å². The van der Waals surface area contributed by atoms with Gasteiger partial charge in [0.25, 0.3) is 11.8 Å². The Morgan fingerprint density at radius 3 is 2.83 bits per heavy atom. The summed E-state index contributed by atoms with van der Waals surface area (Å²) in [5, 5.41) is 13.6. The monoisotopic (exact) mass is 331 g/mol. The number of primary amides is 1. The highest BCUT2D eigenvalue weighted by atomic mass is 32.1. The minimum absolute atomic E-state index is 0.146. The van der Waals surface area contributed by atoms with Gasteiger partial charge in [0.1, 0.15) is 22.6 Å². The van der Waals surface area contributed by atoms with Crippen molar-refractivity contribution in [3.63, 3.8) is 0 Å². The molecule has 118 valence electrons. The summed E-state index contributed by atoms with van der Waals surface area (Å²) < 4.78 is 10.4. The Morgan fingerprint density at radius 1 is 1.39 bits per heavy atom. The third-order valence-corrected chi connectivity index (χ3v) is 3.68. The fourth-order valence-corrected chi connectivity index (χ4v) is 2.51. The number of nitriles is 1. The Bertz CT molecular complexity index is 779. The lowest BCUT2D eigenvalue weighted by molar-refractivity contribution is -0.118. The van der Waals surface area contributed by atoms with Crippen LogP contribution < -0.4 is 20.5 Å². The summed E-state index contributed by atoms with van der Waals surface area (Å²) in [4.78, 5) is 23.3. The van der Waals surface area contributed by atoms with E-state index in [1.807, 2.05) is 6.07 Å². The van der Waals surface area contributed by atoms with E-state index in [2.05, 4.69) is 5.32 Å². The number of hydrogen-bond donors (Lipinski definition) is 2. The minimum Gasteiger partial charge on any atom is -0.497 e. The molecule has 0 aliphatic carbocycles. The molecule has 0 unspecified atom stereocenters. The Morgan fingerprint density at radius 2 is 2.17 bits per heavy atom. The lowest BCUT2D eigenvalue weighted by atomic mass is 10.2. The first-order valence-electron chi connectivity index (χ1n) is 6.43. The molecule has 2 amide bonds. The Balaban J connectivity index is 2.07. The molecule has 2 aromatic rings. The standard InChI is InChI=1S/C15H13N3O4S/c1-21-10-2-3-11(14(17)20)12(6-10)22-8-13(19)18-15-9(7-16)4-5-23-15/h2-6H,8H2,1H3,(H2,17,20)(H,18,19). The third-order valence-electron chi connectivity index (χ3n) is 2.85. The van der Waals surface area contributed by atoms with Gasteiger partial charge in [-0.15, -0.1) is 11.3 Å². The van der Waals surface area contributed by atoms with Crippen molar-refractivity contribution in [2.24, 2.45) is 5.73 Å². The van der Waals surface area contributed by atoms with Crippen LogP contribution in [0.3, 0.4) is 0 Å². The van der Waals surface area contributed by atoms with Gasteiger partial charge in [0.15, 0.2) is 6.61 Å². The number of ether oxygens (including phenoxy) is 2. The summed E-state index contributed by atoms with van der Waals surface area (Å²) in [5.74, 6) is -0.510. The zero-order valence-electron chi connectivity index (χ0n) is 12.2. The predicted octanol–water partition coefficient (Wildman–Crippen LogP) is 1.74. The summed E-state index contributed by atoms with van der Waals surface area (Å²) in [6, 6.07) is 8.08. The highest BCUT2D eigenvalue weighted by Crippen LogP contribution is 2.25. The molecule has 8 heteroatoms. The smallest absolute Gasteiger partial charge is 0.262 e. The van der Waals surface area contributed by atoms with Crippen molar-refractivity contribution in [1.29, 1.82) is 5.26 Å². The van der Waals surface area contributed by atoms with Gasteiger partial charge in [0.2, 0.25) is 0 Å². The van der Waals surface area contributed by atoms with Crippen molar-refractivity contribution in [2.75, 3.05) is 19.0 Å². The number of carbonyl (C=O) groups is 2. The van der Waals surface area contributed by atoms with Gasteiger partial charge in [0, 0.05) is 6.07 Å². The topological polar surface area (TPSA) is 114 Å². The van der Waals surface area contributed by atoms with Gasteiger partial charge in [0.05, 0.1) is 18.2 Å². The van der Waals surface area contributed by atoms with Crippen LogP contribution in [0, 0.1) is 11.3 Å². The largest absolute Gasteiger partial charge is 0.497 e. The number of nitrogens with one attached hydrogen (secondary N) is 1. The molecule has 0 fully saturated rings. The number of amides is 2. The number of carbonyl (C=O) groups excluding carboxylic acids is 2. The van der Waals surface area contributed by atoms with Crippen LogP contribution in [0.25, 0.3) is 0 Å². The Labute approximate surface area is 136 Å². The van der Waals surface area contributed by atoms with Crippen LogP contribution in [0.1, 0.15) is 15.9 Å². The van der Waals surface area contributed by atoms with Crippen molar-refractivity contribution < 1.29 is 19.1 Å². The zero-order valence-corrected chi connectivity index (χ0v) is 13.0. The minimum atomic E-state index is -0.673. The maximum atomic E-state index is 11.9. The molecule has 3 N–H and O–H groups in total. The molecule has 23 heavy (non-hydrogen) atoms. The molecule has 0 atom stereocenters. The summed E-state index contributed by atoms with van der Waals surface area (Å²) in [7, 11) is 1.47. The molecule has 1 aromatic carbocycles. The fraction of sp³-hybridized carbons (Fsp3) is 0.133. The maximum absolute atomic E-state index is 11.9. The third kappa shape index (κ3) is 3.99. The highest BCUT2D eigenvalue weighted by molar-refractivity contribution is 7.14. The average Bonchev–Trinajstić information content (AvgIpc) is 2.99. The van der Waals surface area contributed by atoms with Crippen LogP contribution in [0.2, 0.25) is 0 Å². The number of rotatable bonds is 6. The quantitative estimate of drug-likeness (QED) is 0.837. The number of nitrogens with two attached hydrogens (primary N) is 1. The van der Waals surface area contributed by atoms with Crippen molar-refractivity contribution >= 4 is 28.2 Å². The summed E-state index contributed by atoms with van der Waals surface area (Å²) in [6.07, 6.45) is 0. The maximum Gasteiger partial charge on any atom is 0.262 e. The van der Waals surface area contributed by atoms with E-state index in [1.54, 1.807) is 17.5 Å². The number of anilines is 1. The van der Waals surface area contributed by atoms with E-state index in [0.717, 1.165) is 0 Å². The van der Waals surface area contributed by atoms with Gasteiger partial charge < -0.3 is 20.5 Å². The number of thiophene rings is 1. The molecule has 0 aliphatic rings. The van der Waals surface area contributed by atoms with Gasteiger partial charge in [-0.2, -0.15) is 5.26 Å². The van der Waals surface area contributed by atoms with Crippen LogP contribution in [0.4, 0.5) is 5.00 Å². The molecular weight excluding hydrogens is 318 g/mol. The van der Waals surface area contributed by atoms with Gasteiger partial charge in [-0.25, -0.2) is 0 Å². The second-order valence-corrected chi connectivity index (χ2v) is 5.25. The zero-order chi connectivity index (χ0) is 16.8. The fourth-order valence-electron chi connectivity index (χ4n) is 1.75. The van der Waals surface area contributed by atoms with Crippen molar-refractivity contribution in [2.45, 2.75) is 0 Å². The molecule has 0 radical (unpaired) electrons. The first kappa shape index (κ1) is 16.3. The molecule has 0 spiro atoms. The van der Waals surface area contributed by atoms with E-state index < -0.39 is 11.8 Å². The lowest BCUT2D eigenvalue weighted by Gasteiger charge is -2.11. The molecule has 0 bridgehead atoms. The molecular formula is C15H13N3O4S. The number of hydrogen-bond acceptors (Lipinski definition) is 6. The van der Waals surface area contributed by atoms with Gasteiger partial charge in [-0.1, -0.05) is 0 Å².